The average molecular weight is 593 g/mol. The lowest BCUT2D eigenvalue weighted by Crippen LogP contribution is -2.70. The molecule has 1 unspecified atom stereocenters. The van der Waals surface area contributed by atoms with Crippen LogP contribution in [0.4, 0.5) is 5.69 Å². The molecule has 0 radical (unpaired) electrons. The van der Waals surface area contributed by atoms with Gasteiger partial charge < -0.3 is 61.1 Å². The third-order valence-corrected chi connectivity index (χ3v) is 7.42. The highest BCUT2D eigenvalue weighted by molar-refractivity contribution is 6.03. The van der Waals surface area contributed by atoms with Gasteiger partial charge in [0.2, 0.25) is 5.91 Å². The molecule has 2 heterocycles. The Kier molecular flexibility index (Phi) is 8.49. The first-order valence-corrected chi connectivity index (χ1v) is 12.8. The standard InChI is InChI=1S/C26H32N4O12/c1-27-23(36)22(26(40,41)25(38,39)12-31)30-11-15-13(24(30)37)3-2-4-17(15)28-9-14-18(32)20(34)16(21(35)19(14)33)10-29-5-7-42-8-6-29/h2-4,12,22,28,32-35,38-41H,5-11H2,1H3,(H,27,36). The van der Waals surface area contributed by atoms with Gasteiger partial charge in [-0.05, 0) is 12.1 Å². The number of aromatic hydroxyl groups is 4. The predicted octanol–water partition coefficient (Wildman–Crippen LogP) is -2.42. The van der Waals surface area contributed by atoms with Crippen LogP contribution in [0, 0.1) is 0 Å². The summed E-state index contributed by atoms with van der Waals surface area (Å²) < 4.78 is 5.27. The lowest BCUT2D eigenvalue weighted by Gasteiger charge is -2.40. The van der Waals surface area contributed by atoms with Crippen LogP contribution in [0.25, 0.3) is 0 Å². The van der Waals surface area contributed by atoms with E-state index in [-0.39, 0.29) is 41.0 Å². The van der Waals surface area contributed by atoms with Gasteiger partial charge in [0.25, 0.3) is 17.5 Å². The SMILES string of the molecule is CNC(=O)C(N1Cc2c(NCc3c(O)c(O)c(CN4CCOCC4)c(O)c3O)cccc2C1=O)C(O)(O)C(O)(O)C=O. The van der Waals surface area contributed by atoms with E-state index in [0.717, 1.165) is 7.05 Å². The Morgan fingerprint density at radius 1 is 1.02 bits per heavy atom. The number of anilines is 1. The van der Waals surface area contributed by atoms with Crippen molar-refractivity contribution in [2.24, 2.45) is 0 Å². The fraction of sp³-hybridized carbons (Fsp3) is 0.423. The van der Waals surface area contributed by atoms with E-state index < -0.39 is 65.3 Å². The number of benzene rings is 2. The minimum absolute atomic E-state index is 0.0164. The third kappa shape index (κ3) is 5.26. The van der Waals surface area contributed by atoms with Crippen molar-refractivity contribution in [1.29, 1.82) is 0 Å². The first-order chi connectivity index (χ1) is 19.8. The van der Waals surface area contributed by atoms with Gasteiger partial charge in [-0.25, -0.2) is 0 Å². The molecule has 16 heteroatoms. The summed E-state index contributed by atoms with van der Waals surface area (Å²) in [6.45, 7) is 1.12. The molecule has 2 aliphatic rings. The molecule has 4 rings (SSSR count). The minimum Gasteiger partial charge on any atom is -0.504 e. The maximum absolute atomic E-state index is 13.2. The number of likely N-dealkylation sites (N-methyl/N-ethyl adjacent to an activating group) is 1. The molecule has 1 atom stereocenters. The number of carbonyl (C=O) groups excluding carboxylic acids is 3. The van der Waals surface area contributed by atoms with Gasteiger partial charge in [-0.3, -0.25) is 19.3 Å². The van der Waals surface area contributed by atoms with Crippen LogP contribution in [0.5, 0.6) is 23.0 Å². The molecule has 2 aliphatic heterocycles. The highest BCUT2D eigenvalue weighted by Crippen LogP contribution is 2.47. The molecular weight excluding hydrogens is 560 g/mol. The minimum atomic E-state index is -3.83. The van der Waals surface area contributed by atoms with E-state index in [1.165, 1.54) is 18.2 Å². The number of fused-ring (bicyclic) bond motifs is 1. The van der Waals surface area contributed by atoms with Crippen LogP contribution in [-0.4, -0.2) is 120 Å². The molecule has 0 bridgehead atoms. The summed E-state index contributed by atoms with van der Waals surface area (Å²) in [5.41, 5.74) is 0.0611. The van der Waals surface area contributed by atoms with E-state index in [0.29, 0.717) is 31.2 Å². The highest BCUT2D eigenvalue weighted by atomic mass is 16.6. The molecule has 2 aromatic carbocycles. The lowest BCUT2D eigenvalue weighted by molar-refractivity contribution is -0.345. The lowest BCUT2D eigenvalue weighted by atomic mass is 9.96. The molecule has 228 valence electrons. The maximum atomic E-state index is 13.2. The van der Waals surface area contributed by atoms with E-state index in [2.05, 4.69) is 10.6 Å². The van der Waals surface area contributed by atoms with Crippen molar-refractivity contribution < 1.29 is 60.0 Å². The van der Waals surface area contributed by atoms with Crippen LogP contribution >= 0.6 is 0 Å². The second-order valence-electron chi connectivity index (χ2n) is 9.95. The van der Waals surface area contributed by atoms with Crippen molar-refractivity contribution in [1.82, 2.24) is 15.1 Å². The van der Waals surface area contributed by atoms with Gasteiger partial charge in [0.05, 0.1) is 24.3 Å². The molecule has 2 aromatic rings. The largest absolute Gasteiger partial charge is 0.504 e. The molecule has 1 saturated heterocycles. The number of hydrogen-bond acceptors (Lipinski definition) is 14. The Hall–Kier alpha value is -4.19. The number of phenolic OH excluding ortho intramolecular Hbond substituents is 4. The van der Waals surface area contributed by atoms with E-state index >= 15 is 0 Å². The monoisotopic (exact) mass is 592 g/mol. The summed E-state index contributed by atoms with van der Waals surface area (Å²) in [5.74, 6) is -12.4. The first kappa shape index (κ1) is 30.8. The van der Waals surface area contributed by atoms with E-state index in [9.17, 15) is 55.2 Å². The third-order valence-electron chi connectivity index (χ3n) is 7.42. The van der Waals surface area contributed by atoms with Gasteiger partial charge in [0, 0.05) is 56.6 Å². The zero-order chi connectivity index (χ0) is 31.0. The number of hydrogen-bond donors (Lipinski definition) is 10. The molecule has 16 nitrogen and oxygen atoms in total. The zero-order valence-electron chi connectivity index (χ0n) is 22.4. The molecule has 0 saturated carbocycles. The van der Waals surface area contributed by atoms with Gasteiger partial charge in [-0.1, -0.05) is 6.07 Å². The number of amides is 2. The number of carbonyl (C=O) groups is 3. The number of rotatable bonds is 10. The van der Waals surface area contributed by atoms with Crippen molar-refractivity contribution in [3.8, 4) is 23.0 Å². The topological polar surface area (TPSA) is 253 Å². The van der Waals surface area contributed by atoms with Crippen LogP contribution in [0.1, 0.15) is 27.0 Å². The van der Waals surface area contributed by atoms with Gasteiger partial charge in [0.15, 0.2) is 35.3 Å². The Balaban J connectivity index is 1.62. The maximum Gasteiger partial charge on any atom is 0.279 e. The van der Waals surface area contributed by atoms with Crippen LogP contribution in [0.15, 0.2) is 18.2 Å². The number of nitrogens with zero attached hydrogens (tertiary/aromatic N) is 2. The van der Waals surface area contributed by atoms with Crippen LogP contribution < -0.4 is 10.6 Å². The van der Waals surface area contributed by atoms with Gasteiger partial charge >= 0.3 is 0 Å². The number of ether oxygens (including phenoxy) is 1. The van der Waals surface area contributed by atoms with Gasteiger partial charge in [0.1, 0.15) is 0 Å². The molecule has 0 aliphatic carbocycles. The van der Waals surface area contributed by atoms with Crippen molar-refractivity contribution in [2.45, 2.75) is 37.3 Å². The normalized spacial score (nSPS) is 16.7. The molecule has 10 N–H and O–H groups in total. The zero-order valence-corrected chi connectivity index (χ0v) is 22.4. The smallest absolute Gasteiger partial charge is 0.279 e. The van der Waals surface area contributed by atoms with Crippen molar-refractivity contribution >= 4 is 23.8 Å². The summed E-state index contributed by atoms with van der Waals surface area (Å²) in [7, 11) is 1.10. The van der Waals surface area contributed by atoms with Crippen molar-refractivity contribution in [3.63, 3.8) is 0 Å². The predicted molar refractivity (Wildman–Crippen MR) is 141 cm³/mol. The summed E-state index contributed by atoms with van der Waals surface area (Å²) >= 11 is 0. The Bertz CT molecular complexity index is 1360. The number of morpholine rings is 1. The van der Waals surface area contributed by atoms with E-state index in [4.69, 9.17) is 4.74 Å². The van der Waals surface area contributed by atoms with Gasteiger partial charge in [-0.2, -0.15) is 0 Å². The number of aldehydes is 1. The molecule has 2 amide bonds. The Morgan fingerprint density at radius 3 is 2.19 bits per heavy atom. The Morgan fingerprint density at radius 2 is 1.62 bits per heavy atom. The average Bonchev–Trinajstić information content (AvgIpc) is 3.30. The van der Waals surface area contributed by atoms with Crippen LogP contribution in [0.3, 0.4) is 0 Å². The van der Waals surface area contributed by atoms with Gasteiger partial charge in [-0.15, -0.1) is 0 Å². The molecule has 42 heavy (non-hydrogen) atoms. The second kappa shape index (κ2) is 11.6. The highest BCUT2D eigenvalue weighted by Gasteiger charge is 2.60. The van der Waals surface area contributed by atoms with E-state index in [1.807, 2.05) is 4.90 Å². The van der Waals surface area contributed by atoms with Crippen LogP contribution in [0.2, 0.25) is 0 Å². The summed E-state index contributed by atoms with van der Waals surface area (Å²) in [6, 6.07) is 1.94. The summed E-state index contributed by atoms with van der Waals surface area (Å²) in [6.07, 6.45) is -0.598. The Labute approximate surface area is 238 Å². The summed E-state index contributed by atoms with van der Waals surface area (Å²) in [5, 5.41) is 88.2. The van der Waals surface area contributed by atoms with Crippen molar-refractivity contribution in [2.75, 3.05) is 38.7 Å². The number of aliphatic hydroxyl groups is 4. The van der Waals surface area contributed by atoms with Crippen molar-refractivity contribution in [3.05, 3.63) is 40.5 Å². The molecular formula is C26H32N4O12. The quantitative estimate of drug-likeness (QED) is 0.0597. The number of nitrogens with one attached hydrogen (secondary N) is 2. The fourth-order valence-corrected chi connectivity index (χ4v) is 4.97. The number of phenols is 4. The summed E-state index contributed by atoms with van der Waals surface area (Å²) in [4.78, 5) is 39.5. The van der Waals surface area contributed by atoms with E-state index in [1.54, 1.807) is 0 Å². The molecule has 0 aromatic heterocycles. The second-order valence-corrected chi connectivity index (χ2v) is 9.95. The molecule has 0 spiro atoms. The van der Waals surface area contributed by atoms with Crippen LogP contribution in [-0.2, 0) is 34.0 Å². The molecule has 1 fully saturated rings. The first-order valence-electron chi connectivity index (χ1n) is 12.8. The fourth-order valence-electron chi connectivity index (χ4n) is 4.97.